The molecule has 6 aliphatic rings. The van der Waals surface area contributed by atoms with Crippen LogP contribution in [0, 0.1) is 23.7 Å². The Bertz CT molecular complexity index is 2660. The second kappa shape index (κ2) is 11.9. The molecule has 0 atom stereocenters. The van der Waals surface area contributed by atoms with E-state index in [1.807, 2.05) is 0 Å². The van der Waals surface area contributed by atoms with Gasteiger partial charge in [-0.3, -0.25) is 0 Å². The van der Waals surface area contributed by atoms with Gasteiger partial charge in [-0.15, -0.1) is 0 Å². The molecule has 13 rings (SSSR count). The van der Waals surface area contributed by atoms with Gasteiger partial charge in [0.1, 0.15) is 0 Å². The third-order valence-electron chi connectivity index (χ3n) is 15.1. The summed E-state index contributed by atoms with van der Waals surface area (Å²) in [4.78, 5) is 2.58. The van der Waals surface area contributed by atoms with Gasteiger partial charge < -0.3 is 4.90 Å². The molecule has 0 heterocycles. The quantitative estimate of drug-likeness (QED) is 0.171. The Balaban J connectivity index is 1.11. The zero-order valence-corrected chi connectivity index (χ0v) is 32.4. The van der Waals surface area contributed by atoms with Crippen LogP contribution in [0.5, 0.6) is 0 Å². The van der Waals surface area contributed by atoms with Crippen molar-refractivity contribution < 1.29 is 0 Å². The largest absolute Gasteiger partial charge is 0.310 e. The van der Waals surface area contributed by atoms with E-state index in [1.165, 1.54) is 105 Å². The Labute approximate surface area is 331 Å². The summed E-state index contributed by atoms with van der Waals surface area (Å²) in [5, 5.41) is 0. The van der Waals surface area contributed by atoms with Crippen LogP contribution in [0.3, 0.4) is 0 Å². The molecule has 0 amide bonds. The van der Waals surface area contributed by atoms with Crippen LogP contribution in [0.25, 0.3) is 44.5 Å². The molecule has 0 N–H and O–H groups in total. The van der Waals surface area contributed by atoms with Crippen LogP contribution < -0.4 is 4.90 Å². The SMILES string of the molecule is CC1(C)c2ccccc2-c2ccc(N(c3ccc4c(c3)-c3ccccc3C43C4CC5CC(C4)CC3C5)c3cccc(-c4ccccc4)c3-c3ccccc3)cc21. The summed E-state index contributed by atoms with van der Waals surface area (Å²) in [5.41, 5.74) is 20.2. The van der Waals surface area contributed by atoms with Crippen molar-refractivity contribution in [3.63, 3.8) is 0 Å². The summed E-state index contributed by atoms with van der Waals surface area (Å²) in [5.74, 6) is 3.35. The number of rotatable bonds is 5. The second-order valence-corrected chi connectivity index (χ2v) is 18.1. The Morgan fingerprint density at radius 3 is 1.66 bits per heavy atom. The minimum absolute atomic E-state index is 0.107. The lowest BCUT2D eigenvalue weighted by atomic mass is 9.43. The van der Waals surface area contributed by atoms with Gasteiger partial charge in [-0.1, -0.05) is 147 Å². The van der Waals surface area contributed by atoms with Crippen molar-refractivity contribution in [1.29, 1.82) is 0 Å². The minimum Gasteiger partial charge on any atom is -0.310 e. The third-order valence-corrected chi connectivity index (χ3v) is 15.1. The monoisotopic (exact) mass is 721 g/mol. The topological polar surface area (TPSA) is 3.24 Å². The van der Waals surface area contributed by atoms with Crippen LogP contribution in [-0.2, 0) is 10.8 Å². The predicted octanol–water partition coefficient (Wildman–Crippen LogP) is 14.5. The first-order valence-corrected chi connectivity index (χ1v) is 21.0. The first kappa shape index (κ1) is 32.6. The van der Waals surface area contributed by atoms with E-state index in [4.69, 9.17) is 0 Å². The summed E-state index contributed by atoms with van der Waals surface area (Å²) in [7, 11) is 0. The number of hydrogen-bond donors (Lipinski definition) is 0. The number of benzene rings is 7. The van der Waals surface area contributed by atoms with E-state index in [2.05, 4.69) is 183 Å². The molecule has 4 saturated carbocycles. The number of fused-ring (bicyclic) bond motifs is 6. The first-order valence-electron chi connectivity index (χ1n) is 21.0. The minimum atomic E-state index is -0.107. The summed E-state index contributed by atoms with van der Waals surface area (Å²) < 4.78 is 0. The van der Waals surface area contributed by atoms with E-state index in [9.17, 15) is 0 Å². The van der Waals surface area contributed by atoms with Crippen molar-refractivity contribution in [3.8, 4) is 44.5 Å². The van der Waals surface area contributed by atoms with Crippen LogP contribution in [-0.4, -0.2) is 0 Å². The fourth-order valence-corrected chi connectivity index (χ4v) is 13.0. The van der Waals surface area contributed by atoms with Crippen LogP contribution in [0.1, 0.15) is 68.2 Å². The fourth-order valence-electron chi connectivity index (χ4n) is 13.0. The van der Waals surface area contributed by atoms with E-state index in [0.29, 0.717) is 0 Å². The van der Waals surface area contributed by atoms with Gasteiger partial charge in [0.2, 0.25) is 0 Å². The van der Waals surface area contributed by atoms with Crippen LogP contribution >= 0.6 is 0 Å². The van der Waals surface area contributed by atoms with Gasteiger partial charge in [0.05, 0.1) is 5.69 Å². The zero-order valence-electron chi connectivity index (χ0n) is 32.4. The average molecular weight is 722 g/mol. The maximum atomic E-state index is 2.58. The molecule has 4 fully saturated rings. The molecule has 7 aromatic rings. The Hall–Kier alpha value is -5.66. The normalized spacial score (nSPS) is 24.1. The Kier molecular flexibility index (Phi) is 6.93. The molecule has 4 bridgehead atoms. The Morgan fingerprint density at radius 2 is 0.946 bits per heavy atom. The van der Waals surface area contributed by atoms with E-state index in [0.717, 1.165) is 23.7 Å². The lowest BCUT2D eigenvalue weighted by Gasteiger charge is -2.61. The molecule has 1 heteroatoms. The second-order valence-electron chi connectivity index (χ2n) is 18.1. The molecule has 0 radical (unpaired) electrons. The summed E-state index contributed by atoms with van der Waals surface area (Å²) >= 11 is 0. The van der Waals surface area contributed by atoms with Gasteiger partial charge in [-0.2, -0.15) is 0 Å². The van der Waals surface area contributed by atoms with Crippen molar-refractivity contribution in [2.75, 3.05) is 4.90 Å². The van der Waals surface area contributed by atoms with Crippen LogP contribution in [0.15, 0.2) is 164 Å². The smallest absolute Gasteiger partial charge is 0.0546 e. The van der Waals surface area contributed by atoms with Gasteiger partial charge in [-0.05, 0) is 147 Å². The van der Waals surface area contributed by atoms with E-state index in [-0.39, 0.29) is 10.8 Å². The highest BCUT2D eigenvalue weighted by Crippen LogP contribution is 2.69. The van der Waals surface area contributed by atoms with Crippen molar-refractivity contribution in [1.82, 2.24) is 0 Å². The molecule has 272 valence electrons. The number of anilines is 3. The highest BCUT2D eigenvalue weighted by atomic mass is 15.1. The van der Waals surface area contributed by atoms with Gasteiger partial charge in [0.15, 0.2) is 0 Å². The molecule has 1 nitrogen and oxygen atoms in total. The molecule has 1 spiro atoms. The van der Waals surface area contributed by atoms with Crippen molar-refractivity contribution in [2.24, 2.45) is 23.7 Å². The lowest BCUT2D eigenvalue weighted by molar-refractivity contribution is -0.0399. The van der Waals surface area contributed by atoms with Gasteiger partial charge in [0, 0.05) is 27.8 Å². The van der Waals surface area contributed by atoms with Gasteiger partial charge in [-0.25, -0.2) is 0 Å². The number of hydrogen-bond acceptors (Lipinski definition) is 1. The lowest BCUT2D eigenvalue weighted by Crippen LogP contribution is -2.55. The molecular weight excluding hydrogens is 675 g/mol. The third kappa shape index (κ3) is 4.43. The first-order chi connectivity index (χ1) is 27.5. The van der Waals surface area contributed by atoms with E-state index in [1.54, 1.807) is 11.1 Å². The predicted molar refractivity (Wildman–Crippen MR) is 233 cm³/mol. The molecular formula is C55H47N. The zero-order chi connectivity index (χ0) is 37.2. The number of nitrogens with zero attached hydrogens (tertiary/aromatic N) is 1. The molecule has 0 saturated heterocycles. The summed E-state index contributed by atoms with van der Waals surface area (Å²) in [6, 6.07) is 62.3. The molecule has 0 aliphatic heterocycles. The Morgan fingerprint density at radius 1 is 0.411 bits per heavy atom. The van der Waals surface area contributed by atoms with E-state index >= 15 is 0 Å². The van der Waals surface area contributed by atoms with Gasteiger partial charge >= 0.3 is 0 Å². The standard InChI is InChI=1S/C55H47N/c1-54(2)48-21-11-9-18-44(48)46-26-24-42(34-51(46)54)56(52-23-13-20-43(37-14-5-3-6-15-37)53(52)38-16-7-4-8-17-38)41-25-27-50-47(33-41)45-19-10-12-22-49(45)55(50)39-29-35-28-36(31-39)32-40(55)30-35/h3-27,33-36,39-40H,28-32H2,1-2H3. The maximum absolute atomic E-state index is 2.58. The summed E-state index contributed by atoms with van der Waals surface area (Å²) in [6.45, 7) is 4.79. The van der Waals surface area contributed by atoms with E-state index < -0.39 is 0 Å². The molecule has 7 aromatic carbocycles. The molecule has 56 heavy (non-hydrogen) atoms. The average Bonchev–Trinajstić information content (AvgIpc) is 3.65. The van der Waals surface area contributed by atoms with Crippen LogP contribution in [0.4, 0.5) is 17.1 Å². The fraction of sp³-hybridized carbons (Fsp3) is 0.236. The maximum Gasteiger partial charge on any atom is 0.0546 e. The summed E-state index contributed by atoms with van der Waals surface area (Å²) in [6.07, 6.45) is 7.06. The van der Waals surface area contributed by atoms with Gasteiger partial charge in [0.25, 0.3) is 0 Å². The molecule has 0 unspecified atom stereocenters. The van der Waals surface area contributed by atoms with Crippen molar-refractivity contribution >= 4 is 17.1 Å². The molecule has 6 aliphatic carbocycles. The van der Waals surface area contributed by atoms with Crippen molar-refractivity contribution in [3.05, 3.63) is 186 Å². The van der Waals surface area contributed by atoms with Crippen LogP contribution in [0.2, 0.25) is 0 Å². The highest BCUT2D eigenvalue weighted by Gasteiger charge is 2.61. The highest BCUT2D eigenvalue weighted by molar-refractivity contribution is 5.98. The van der Waals surface area contributed by atoms with Crippen molar-refractivity contribution in [2.45, 2.75) is 56.8 Å². The molecule has 0 aromatic heterocycles.